The molecule has 1 aliphatic rings. The van der Waals surface area contributed by atoms with Crippen LogP contribution in [-0.2, 0) is 4.74 Å². The minimum Gasteiger partial charge on any atom is -0.462 e. The zero-order valence-corrected chi connectivity index (χ0v) is 16.1. The number of anilines is 1. The number of rotatable bonds is 7. The maximum atomic E-state index is 12.1. The summed E-state index contributed by atoms with van der Waals surface area (Å²) in [6.45, 7) is 6.85. The lowest BCUT2D eigenvalue weighted by molar-refractivity contribution is 0.0527. The minimum absolute atomic E-state index is 0.338. The summed E-state index contributed by atoms with van der Waals surface area (Å²) < 4.78 is 5.12. The molecule has 0 aliphatic carbocycles. The fourth-order valence-electron chi connectivity index (χ4n) is 3.45. The smallest absolute Gasteiger partial charge is 0.341 e. The van der Waals surface area contributed by atoms with E-state index in [1.165, 1.54) is 5.56 Å². The van der Waals surface area contributed by atoms with Crippen LogP contribution >= 0.6 is 0 Å². The third-order valence-corrected chi connectivity index (χ3v) is 4.87. The Balaban J connectivity index is 1.63. The van der Waals surface area contributed by atoms with Crippen molar-refractivity contribution in [3.8, 4) is 0 Å². The summed E-state index contributed by atoms with van der Waals surface area (Å²) in [7, 11) is 2.17. The number of carbonyl (C=O) groups is 1. The molecule has 1 aromatic carbocycles. The molecule has 2 aromatic rings. The van der Waals surface area contributed by atoms with Gasteiger partial charge in [-0.25, -0.2) is 9.78 Å². The first kappa shape index (κ1) is 19.3. The Bertz CT molecular complexity index is 738. The second kappa shape index (κ2) is 9.48. The third kappa shape index (κ3) is 5.05. The first-order chi connectivity index (χ1) is 13.2. The van der Waals surface area contributed by atoms with Crippen molar-refractivity contribution in [2.24, 2.45) is 0 Å². The Morgan fingerprint density at radius 2 is 2.04 bits per heavy atom. The second-order valence-electron chi connectivity index (χ2n) is 6.77. The summed E-state index contributed by atoms with van der Waals surface area (Å²) in [6, 6.07) is 14.5. The summed E-state index contributed by atoms with van der Waals surface area (Å²) in [5, 5.41) is 3.32. The normalized spacial score (nSPS) is 18.2. The molecular formula is C21H28N4O2. The van der Waals surface area contributed by atoms with Crippen LogP contribution in [0, 0.1) is 0 Å². The maximum absolute atomic E-state index is 12.1. The molecular weight excluding hydrogens is 340 g/mol. The minimum atomic E-state index is -0.338. The van der Waals surface area contributed by atoms with Gasteiger partial charge >= 0.3 is 5.97 Å². The number of hydrogen-bond acceptors (Lipinski definition) is 6. The largest absolute Gasteiger partial charge is 0.462 e. The van der Waals surface area contributed by atoms with Crippen molar-refractivity contribution >= 4 is 11.8 Å². The molecule has 0 radical (unpaired) electrons. The zero-order valence-electron chi connectivity index (χ0n) is 16.1. The summed E-state index contributed by atoms with van der Waals surface area (Å²) in [6.07, 6.45) is 1.69. The number of pyridine rings is 1. The molecule has 2 heterocycles. The molecule has 27 heavy (non-hydrogen) atoms. The summed E-state index contributed by atoms with van der Waals surface area (Å²) in [5.41, 5.74) is 1.83. The molecule has 1 unspecified atom stereocenters. The summed E-state index contributed by atoms with van der Waals surface area (Å²) in [4.78, 5) is 21.3. The predicted molar refractivity (Wildman–Crippen MR) is 107 cm³/mol. The van der Waals surface area contributed by atoms with E-state index in [0.717, 1.165) is 32.7 Å². The van der Waals surface area contributed by atoms with Gasteiger partial charge in [0, 0.05) is 45.0 Å². The van der Waals surface area contributed by atoms with Crippen LogP contribution in [0.5, 0.6) is 0 Å². The lowest BCUT2D eigenvalue weighted by Gasteiger charge is -2.40. The molecule has 1 N–H and O–H groups in total. The highest BCUT2D eigenvalue weighted by atomic mass is 16.5. The van der Waals surface area contributed by atoms with E-state index >= 15 is 0 Å². The molecule has 1 aromatic heterocycles. The van der Waals surface area contributed by atoms with Gasteiger partial charge in [-0.15, -0.1) is 0 Å². The van der Waals surface area contributed by atoms with E-state index < -0.39 is 0 Å². The number of nitrogens with zero attached hydrogens (tertiary/aromatic N) is 3. The van der Waals surface area contributed by atoms with Crippen molar-refractivity contribution in [3.63, 3.8) is 0 Å². The van der Waals surface area contributed by atoms with Crippen molar-refractivity contribution in [3.05, 3.63) is 59.8 Å². The van der Waals surface area contributed by atoms with Gasteiger partial charge in [0.05, 0.1) is 6.61 Å². The molecule has 1 saturated heterocycles. The van der Waals surface area contributed by atoms with E-state index in [2.05, 4.69) is 57.5 Å². The fraction of sp³-hybridized carbons (Fsp3) is 0.429. The highest BCUT2D eigenvalue weighted by molar-refractivity contribution is 5.94. The van der Waals surface area contributed by atoms with E-state index in [-0.39, 0.29) is 5.97 Å². The average Bonchev–Trinajstić information content (AvgIpc) is 2.70. The molecule has 0 saturated carbocycles. The summed E-state index contributed by atoms with van der Waals surface area (Å²) in [5.74, 6) is 0.246. The molecule has 1 atom stereocenters. The highest BCUT2D eigenvalue weighted by Crippen LogP contribution is 2.24. The number of nitrogens with one attached hydrogen (secondary N) is 1. The Hall–Kier alpha value is -2.44. The number of benzene rings is 1. The maximum Gasteiger partial charge on any atom is 0.341 e. The van der Waals surface area contributed by atoms with E-state index in [1.54, 1.807) is 25.3 Å². The van der Waals surface area contributed by atoms with E-state index in [4.69, 9.17) is 4.74 Å². The Morgan fingerprint density at radius 3 is 2.81 bits per heavy atom. The SMILES string of the molecule is CCOC(=O)c1cccnc1NCCN1CCN(C)CC1c1ccccc1. The fourth-order valence-corrected chi connectivity index (χ4v) is 3.45. The third-order valence-electron chi connectivity index (χ3n) is 4.87. The molecule has 0 amide bonds. The van der Waals surface area contributed by atoms with Gasteiger partial charge in [-0.1, -0.05) is 30.3 Å². The van der Waals surface area contributed by atoms with Crippen LogP contribution in [0.15, 0.2) is 48.7 Å². The molecule has 0 spiro atoms. The van der Waals surface area contributed by atoms with Crippen LogP contribution in [0.25, 0.3) is 0 Å². The number of ether oxygens (including phenoxy) is 1. The Labute approximate surface area is 161 Å². The average molecular weight is 368 g/mol. The van der Waals surface area contributed by atoms with Gasteiger partial charge in [0.1, 0.15) is 11.4 Å². The molecule has 144 valence electrons. The van der Waals surface area contributed by atoms with Gasteiger partial charge in [-0.2, -0.15) is 0 Å². The van der Waals surface area contributed by atoms with Crippen LogP contribution in [0.2, 0.25) is 0 Å². The number of carbonyl (C=O) groups excluding carboxylic acids is 1. The Morgan fingerprint density at radius 1 is 1.22 bits per heavy atom. The lowest BCUT2D eigenvalue weighted by atomic mass is 10.0. The number of esters is 1. The first-order valence-corrected chi connectivity index (χ1v) is 9.52. The zero-order chi connectivity index (χ0) is 19.1. The van der Waals surface area contributed by atoms with Gasteiger partial charge in [0.2, 0.25) is 0 Å². The molecule has 3 rings (SSSR count). The lowest BCUT2D eigenvalue weighted by Crippen LogP contribution is -2.48. The predicted octanol–water partition coefficient (Wildman–Crippen LogP) is 2.66. The number of aromatic nitrogens is 1. The summed E-state index contributed by atoms with van der Waals surface area (Å²) >= 11 is 0. The van der Waals surface area contributed by atoms with Gasteiger partial charge in [0.15, 0.2) is 0 Å². The second-order valence-corrected chi connectivity index (χ2v) is 6.77. The molecule has 6 nitrogen and oxygen atoms in total. The number of hydrogen-bond donors (Lipinski definition) is 1. The molecule has 1 fully saturated rings. The van der Waals surface area contributed by atoms with E-state index in [0.29, 0.717) is 24.0 Å². The topological polar surface area (TPSA) is 57.7 Å². The van der Waals surface area contributed by atoms with Gasteiger partial charge in [-0.05, 0) is 31.7 Å². The number of piperazine rings is 1. The van der Waals surface area contributed by atoms with Crippen molar-refractivity contribution in [1.82, 2.24) is 14.8 Å². The standard InChI is InChI=1S/C21H28N4O2/c1-3-27-21(26)18-10-7-11-22-20(18)23-12-13-25-15-14-24(2)16-19(25)17-8-5-4-6-9-17/h4-11,19H,3,12-16H2,1-2H3,(H,22,23). The van der Waals surface area contributed by atoms with Crippen LogP contribution in [0.3, 0.4) is 0 Å². The molecule has 6 heteroatoms. The van der Waals surface area contributed by atoms with Crippen LogP contribution in [-0.4, -0.2) is 67.1 Å². The van der Waals surface area contributed by atoms with Crippen molar-refractivity contribution in [2.75, 3.05) is 51.7 Å². The first-order valence-electron chi connectivity index (χ1n) is 9.52. The van der Waals surface area contributed by atoms with Crippen molar-refractivity contribution in [1.29, 1.82) is 0 Å². The van der Waals surface area contributed by atoms with Gasteiger partial charge in [-0.3, -0.25) is 4.90 Å². The van der Waals surface area contributed by atoms with Crippen molar-refractivity contribution in [2.45, 2.75) is 13.0 Å². The monoisotopic (exact) mass is 368 g/mol. The van der Waals surface area contributed by atoms with Gasteiger partial charge < -0.3 is 15.0 Å². The van der Waals surface area contributed by atoms with E-state index in [1.807, 2.05) is 0 Å². The van der Waals surface area contributed by atoms with Crippen LogP contribution in [0.4, 0.5) is 5.82 Å². The van der Waals surface area contributed by atoms with Crippen LogP contribution in [0.1, 0.15) is 28.9 Å². The highest BCUT2D eigenvalue weighted by Gasteiger charge is 2.26. The van der Waals surface area contributed by atoms with E-state index in [9.17, 15) is 4.79 Å². The molecule has 0 bridgehead atoms. The Kier molecular flexibility index (Phi) is 6.79. The van der Waals surface area contributed by atoms with Crippen molar-refractivity contribution < 1.29 is 9.53 Å². The number of likely N-dealkylation sites (N-methyl/N-ethyl adjacent to an activating group) is 1. The molecule has 1 aliphatic heterocycles. The van der Waals surface area contributed by atoms with Gasteiger partial charge in [0.25, 0.3) is 0 Å². The quantitative estimate of drug-likeness (QED) is 0.759. The van der Waals surface area contributed by atoms with Crippen LogP contribution < -0.4 is 5.32 Å².